The van der Waals surface area contributed by atoms with Crippen LogP contribution in [0.4, 0.5) is 0 Å². The van der Waals surface area contributed by atoms with Gasteiger partial charge in [0, 0.05) is 13.1 Å². The summed E-state index contributed by atoms with van der Waals surface area (Å²) >= 11 is 0. The summed E-state index contributed by atoms with van der Waals surface area (Å²) in [5.41, 5.74) is 0. The van der Waals surface area contributed by atoms with E-state index in [2.05, 4.69) is 18.7 Å². The summed E-state index contributed by atoms with van der Waals surface area (Å²) in [6.45, 7) is 7.24. The molecule has 69 valence electrons. The van der Waals surface area contributed by atoms with Crippen molar-refractivity contribution in [1.82, 2.24) is 4.90 Å². The first-order valence-corrected chi connectivity index (χ1v) is 4.30. The molecular weight excluding hydrogens is 154 g/mol. The van der Waals surface area contributed by atoms with Crippen LogP contribution in [-0.2, 0) is 9.53 Å². The first-order chi connectivity index (χ1) is 5.74. The molecule has 3 nitrogen and oxygen atoms in total. The third kappa shape index (κ3) is 2.57. The Hall–Kier alpha value is -0.410. The summed E-state index contributed by atoms with van der Waals surface area (Å²) < 4.78 is 5.20. The molecule has 0 bridgehead atoms. The second kappa shape index (κ2) is 4.58. The molecule has 1 fully saturated rings. The first kappa shape index (κ1) is 9.68. The summed E-state index contributed by atoms with van der Waals surface area (Å²) in [5.74, 6) is 1.34. The molecule has 0 aliphatic carbocycles. The van der Waals surface area contributed by atoms with Gasteiger partial charge in [0.25, 0.3) is 0 Å². The standard InChI is InChI=1S/C9H16NO2/c1-8(2)5-10-3-4-12-7-9(10)6-11/h6,9H,3-5,7H2,1-2H3/t9-/m0/s1. The number of hydrogen-bond acceptors (Lipinski definition) is 3. The lowest BCUT2D eigenvalue weighted by Crippen LogP contribution is -2.47. The van der Waals surface area contributed by atoms with Crippen molar-refractivity contribution in [2.75, 3.05) is 26.3 Å². The van der Waals surface area contributed by atoms with Crippen LogP contribution in [0.2, 0.25) is 0 Å². The van der Waals surface area contributed by atoms with Gasteiger partial charge < -0.3 is 9.53 Å². The van der Waals surface area contributed by atoms with Gasteiger partial charge in [-0.3, -0.25) is 4.90 Å². The van der Waals surface area contributed by atoms with Gasteiger partial charge in [0.1, 0.15) is 6.29 Å². The maximum Gasteiger partial charge on any atom is 0.139 e. The number of rotatable bonds is 3. The average molecular weight is 170 g/mol. The number of carbonyl (C=O) groups is 1. The quantitative estimate of drug-likeness (QED) is 0.578. The van der Waals surface area contributed by atoms with Crippen molar-refractivity contribution in [3.63, 3.8) is 0 Å². The predicted octanol–water partition coefficient (Wildman–Crippen LogP) is 0.500. The molecule has 0 spiro atoms. The van der Waals surface area contributed by atoms with E-state index in [1.165, 1.54) is 5.92 Å². The third-order valence-corrected chi connectivity index (χ3v) is 1.96. The van der Waals surface area contributed by atoms with Crippen LogP contribution in [0.25, 0.3) is 0 Å². The Kier molecular flexibility index (Phi) is 3.69. The Morgan fingerprint density at radius 1 is 1.67 bits per heavy atom. The van der Waals surface area contributed by atoms with E-state index in [0.29, 0.717) is 6.61 Å². The zero-order valence-electron chi connectivity index (χ0n) is 7.75. The summed E-state index contributed by atoms with van der Waals surface area (Å²) in [4.78, 5) is 12.8. The van der Waals surface area contributed by atoms with Gasteiger partial charge in [0.15, 0.2) is 0 Å². The zero-order chi connectivity index (χ0) is 8.97. The van der Waals surface area contributed by atoms with E-state index in [0.717, 1.165) is 26.0 Å². The van der Waals surface area contributed by atoms with Gasteiger partial charge >= 0.3 is 0 Å². The molecule has 1 aliphatic rings. The second-order valence-corrected chi connectivity index (χ2v) is 3.46. The van der Waals surface area contributed by atoms with Crippen LogP contribution in [0.1, 0.15) is 13.8 Å². The van der Waals surface area contributed by atoms with Crippen LogP contribution in [0.5, 0.6) is 0 Å². The van der Waals surface area contributed by atoms with E-state index in [1.807, 2.05) is 0 Å². The minimum atomic E-state index is -0.0337. The van der Waals surface area contributed by atoms with Crippen molar-refractivity contribution < 1.29 is 9.53 Å². The summed E-state index contributed by atoms with van der Waals surface area (Å²) in [6, 6.07) is -0.0337. The molecule has 1 heterocycles. The molecule has 0 amide bonds. The van der Waals surface area contributed by atoms with Gasteiger partial charge in [0.05, 0.1) is 19.3 Å². The minimum Gasteiger partial charge on any atom is -0.378 e. The van der Waals surface area contributed by atoms with Crippen LogP contribution in [0.15, 0.2) is 0 Å². The molecule has 1 radical (unpaired) electrons. The van der Waals surface area contributed by atoms with E-state index >= 15 is 0 Å². The van der Waals surface area contributed by atoms with Crippen LogP contribution < -0.4 is 0 Å². The van der Waals surface area contributed by atoms with Gasteiger partial charge in [0.2, 0.25) is 0 Å². The van der Waals surface area contributed by atoms with Crippen molar-refractivity contribution in [3.8, 4) is 0 Å². The molecule has 0 aromatic carbocycles. The Balaban J connectivity index is 2.41. The number of nitrogens with zero attached hydrogens (tertiary/aromatic N) is 1. The minimum absolute atomic E-state index is 0.0337. The summed E-state index contributed by atoms with van der Waals surface area (Å²) in [6.07, 6.45) is 0.974. The molecule has 1 saturated heterocycles. The molecule has 0 saturated carbocycles. The van der Waals surface area contributed by atoms with Crippen molar-refractivity contribution in [3.05, 3.63) is 5.92 Å². The van der Waals surface area contributed by atoms with Gasteiger partial charge in [-0.2, -0.15) is 0 Å². The Morgan fingerprint density at radius 2 is 2.42 bits per heavy atom. The summed E-state index contributed by atoms with van der Waals surface area (Å²) in [7, 11) is 0. The van der Waals surface area contributed by atoms with Crippen molar-refractivity contribution >= 4 is 6.29 Å². The molecular formula is C9H16NO2. The molecule has 0 N–H and O–H groups in total. The van der Waals surface area contributed by atoms with Gasteiger partial charge in [-0.05, 0) is 5.92 Å². The van der Waals surface area contributed by atoms with E-state index in [9.17, 15) is 4.79 Å². The number of ether oxygens (including phenoxy) is 1. The van der Waals surface area contributed by atoms with E-state index in [1.54, 1.807) is 0 Å². The highest BCUT2D eigenvalue weighted by molar-refractivity contribution is 5.58. The highest BCUT2D eigenvalue weighted by Crippen LogP contribution is 2.08. The van der Waals surface area contributed by atoms with Crippen LogP contribution in [0, 0.1) is 5.92 Å². The van der Waals surface area contributed by atoms with Gasteiger partial charge in [-0.1, -0.05) is 13.8 Å². The molecule has 3 heteroatoms. The SMILES string of the molecule is C[C](C)CN1CCOC[C@@H]1C=O. The van der Waals surface area contributed by atoms with Crippen molar-refractivity contribution in [1.29, 1.82) is 0 Å². The van der Waals surface area contributed by atoms with Crippen LogP contribution in [0.3, 0.4) is 0 Å². The normalized spacial score (nSPS) is 26.1. The smallest absolute Gasteiger partial charge is 0.139 e. The number of carbonyl (C=O) groups excluding carboxylic acids is 1. The van der Waals surface area contributed by atoms with E-state index in [4.69, 9.17) is 4.74 Å². The lowest BCUT2D eigenvalue weighted by molar-refractivity contribution is -0.117. The average Bonchev–Trinajstić information content (AvgIpc) is 2.04. The fourth-order valence-electron chi connectivity index (χ4n) is 1.38. The summed E-state index contributed by atoms with van der Waals surface area (Å²) in [5, 5.41) is 0. The lowest BCUT2D eigenvalue weighted by atomic mass is 10.1. The fourth-order valence-corrected chi connectivity index (χ4v) is 1.38. The number of hydrogen-bond donors (Lipinski definition) is 0. The Bertz CT molecular complexity index is 147. The third-order valence-electron chi connectivity index (χ3n) is 1.96. The second-order valence-electron chi connectivity index (χ2n) is 3.46. The molecule has 1 atom stereocenters. The number of aldehydes is 1. The molecule has 0 aromatic rings. The Labute approximate surface area is 73.7 Å². The van der Waals surface area contributed by atoms with E-state index in [-0.39, 0.29) is 6.04 Å². The van der Waals surface area contributed by atoms with E-state index < -0.39 is 0 Å². The number of morpholine rings is 1. The van der Waals surface area contributed by atoms with Gasteiger partial charge in [-0.15, -0.1) is 0 Å². The topological polar surface area (TPSA) is 29.5 Å². The molecule has 1 aliphatic heterocycles. The molecule has 1 rings (SSSR count). The molecule has 0 unspecified atom stereocenters. The maximum absolute atomic E-state index is 10.6. The predicted molar refractivity (Wildman–Crippen MR) is 46.8 cm³/mol. The fraction of sp³-hybridized carbons (Fsp3) is 0.778. The van der Waals surface area contributed by atoms with Crippen LogP contribution >= 0.6 is 0 Å². The lowest BCUT2D eigenvalue weighted by Gasteiger charge is -2.33. The Morgan fingerprint density at radius 3 is 3.00 bits per heavy atom. The molecule has 12 heavy (non-hydrogen) atoms. The van der Waals surface area contributed by atoms with Crippen molar-refractivity contribution in [2.24, 2.45) is 0 Å². The van der Waals surface area contributed by atoms with Crippen molar-refractivity contribution in [2.45, 2.75) is 19.9 Å². The van der Waals surface area contributed by atoms with Crippen LogP contribution in [-0.4, -0.2) is 43.5 Å². The first-order valence-electron chi connectivity index (χ1n) is 4.30. The molecule has 0 aromatic heterocycles. The largest absolute Gasteiger partial charge is 0.378 e. The monoisotopic (exact) mass is 170 g/mol. The maximum atomic E-state index is 10.6. The highest BCUT2D eigenvalue weighted by atomic mass is 16.5. The van der Waals surface area contributed by atoms with Gasteiger partial charge in [-0.25, -0.2) is 0 Å². The highest BCUT2D eigenvalue weighted by Gasteiger charge is 2.22. The zero-order valence-corrected chi connectivity index (χ0v) is 7.75.